The minimum atomic E-state index is 0.00674. The van der Waals surface area contributed by atoms with E-state index in [9.17, 15) is 4.79 Å². The van der Waals surface area contributed by atoms with Crippen LogP contribution in [0.25, 0.3) is 0 Å². The summed E-state index contributed by atoms with van der Waals surface area (Å²) in [5.74, 6) is 1.12. The highest BCUT2D eigenvalue weighted by Gasteiger charge is 2.13. The van der Waals surface area contributed by atoms with Gasteiger partial charge in [0.25, 0.3) is 0 Å². The molecule has 5 heteroatoms. The Morgan fingerprint density at radius 1 is 1.21 bits per heavy atom. The maximum absolute atomic E-state index is 12.2. The number of pyridine rings is 1. The van der Waals surface area contributed by atoms with Gasteiger partial charge in [0.15, 0.2) is 0 Å². The summed E-state index contributed by atoms with van der Waals surface area (Å²) in [5.41, 5.74) is 1.91. The molecule has 0 saturated carbocycles. The van der Waals surface area contributed by atoms with E-state index in [1.165, 1.54) is 5.56 Å². The predicted molar refractivity (Wildman–Crippen MR) is 95.4 cm³/mol. The highest BCUT2D eigenvalue weighted by atomic mass is 16.5. The normalized spacial score (nSPS) is 15.8. The Morgan fingerprint density at radius 3 is 2.62 bits per heavy atom. The molecule has 1 aliphatic heterocycles. The number of rotatable bonds is 5. The molecule has 1 fully saturated rings. The van der Waals surface area contributed by atoms with Gasteiger partial charge in [0.05, 0.1) is 25.1 Å². The van der Waals surface area contributed by atoms with Crippen molar-refractivity contribution < 1.29 is 9.53 Å². The van der Waals surface area contributed by atoms with Crippen LogP contribution in [0.2, 0.25) is 0 Å². The van der Waals surface area contributed by atoms with Crippen LogP contribution in [0.5, 0.6) is 0 Å². The fourth-order valence-corrected chi connectivity index (χ4v) is 2.83. The first-order valence-corrected chi connectivity index (χ1v) is 8.36. The number of morpholine rings is 1. The lowest BCUT2D eigenvalue weighted by atomic mass is 9.97. The summed E-state index contributed by atoms with van der Waals surface area (Å²) >= 11 is 0. The molecule has 24 heavy (non-hydrogen) atoms. The molecule has 2 heterocycles. The molecule has 1 N–H and O–H groups in total. The summed E-state index contributed by atoms with van der Waals surface area (Å²) in [6, 6.07) is 13.9. The third-order valence-electron chi connectivity index (χ3n) is 4.23. The van der Waals surface area contributed by atoms with E-state index in [1.807, 2.05) is 30.3 Å². The van der Waals surface area contributed by atoms with Gasteiger partial charge in [0.2, 0.25) is 5.91 Å². The van der Waals surface area contributed by atoms with Crippen LogP contribution in [0.1, 0.15) is 24.8 Å². The Bertz CT molecular complexity index is 652. The van der Waals surface area contributed by atoms with E-state index < -0.39 is 0 Å². The highest BCUT2D eigenvalue weighted by Crippen LogP contribution is 2.20. The first-order chi connectivity index (χ1) is 11.7. The van der Waals surface area contributed by atoms with Crippen LogP contribution >= 0.6 is 0 Å². The molecule has 2 aromatic rings. The molecule has 1 atom stereocenters. The standard InChI is InChI=1S/C19H23N3O2/c1-15(16-5-3-2-4-6-16)13-19(23)21-17-7-8-18(20-14-17)22-9-11-24-12-10-22/h2-8,14-15H,9-13H2,1H3,(H,21,23)/t15-/m0/s1. The molecule has 0 aliphatic carbocycles. The van der Waals surface area contributed by atoms with Crippen molar-refractivity contribution in [2.24, 2.45) is 0 Å². The monoisotopic (exact) mass is 325 g/mol. The smallest absolute Gasteiger partial charge is 0.225 e. The van der Waals surface area contributed by atoms with Gasteiger partial charge in [-0.25, -0.2) is 4.98 Å². The molecular formula is C19H23N3O2. The van der Waals surface area contributed by atoms with Crippen molar-refractivity contribution in [3.8, 4) is 0 Å². The average molecular weight is 325 g/mol. The number of hydrogen-bond acceptors (Lipinski definition) is 4. The van der Waals surface area contributed by atoms with Crippen LogP contribution in [0, 0.1) is 0 Å². The number of carbonyl (C=O) groups is 1. The minimum absolute atomic E-state index is 0.00674. The lowest BCUT2D eigenvalue weighted by Gasteiger charge is -2.27. The maximum atomic E-state index is 12.2. The van der Waals surface area contributed by atoms with Gasteiger partial charge in [-0.15, -0.1) is 0 Å². The zero-order valence-corrected chi connectivity index (χ0v) is 13.9. The van der Waals surface area contributed by atoms with E-state index in [0.29, 0.717) is 6.42 Å². The fourth-order valence-electron chi connectivity index (χ4n) is 2.83. The van der Waals surface area contributed by atoms with E-state index in [0.717, 1.165) is 37.8 Å². The molecule has 0 radical (unpaired) electrons. The van der Waals surface area contributed by atoms with Crippen LogP contribution in [0.4, 0.5) is 11.5 Å². The van der Waals surface area contributed by atoms with Gasteiger partial charge in [-0.05, 0) is 23.6 Å². The predicted octanol–water partition coefficient (Wildman–Crippen LogP) is 3.05. The number of anilines is 2. The number of carbonyl (C=O) groups excluding carboxylic acids is 1. The Labute approximate surface area is 142 Å². The van der Waals surface area contributed by atoms with Crippen LogP contribution < -0.4 is 10.2 Å². The number of hydrogen-bond donors (Lipinski definition) is 1. The van der Waals surface area contributed by atoms with Gasteiger partial charge in [-0.3, -0.25) is 4.79 Å². The van der Waals surface area contributed by atoms with Gasteiger partial charge in [0, 0.05) is 19.5 Å². The van der Waals surface area contributed by atoms with E-state index >= 15 is 0 Å². The van der Waals surface area contributed by atoms with E-state index in [-0.39, 0.29) is 11.8 Å². The number of nitrogens with zero attached hydrogens (tertiary/aromatic N) is 2. The molecule has 1 aliphatic rings. The summed E-state index contributed by atoms with van der Waals surface area (Å²) in [6.45, 7) is 5.24. The summed E-state index contributed by atoms with van der Waals surface area (Å²) < 4.78 is 5.34. The second kappa shape index (κ2) is 7.93. The van der Waals surface area contributed by atoms with Crippen molar-refractivity contribution in [2.75, 3.05) is 36.5 Å². The zero-order chi connectivity index (χ0) is 16.8. The van der Waals surface area contributed by atoms with Crippen molar-refractivity contribution in [3.05, 3.63) is 54.2 Å². The van der Waals surface area contributed by atoms with E-state index in [1.54, 1.807) is 6.20 Å². The van der Waals surface area contributed by atoms with E-state index in [2.05, 4.69) is 34.3 Å². The molecule has 0 unspecified atom stereocenters. The maximum Gasteiger partial charge on any atom is 0.225 e. The van der Waals surface area contributed by atoms with Crippen LogP contribution in [-0.4, -0.2) is 37.2 Å². The SMILES string of the molecule is C[C@@H](CC(=O)Nc1ccc(N2CCOCC2)nc1)c1ccccc1. The quantitative estimate of drug-likeness (QED) is 0.918. The zero-order valence-electron chi connectivity index (χ0n) is 13.9. The molecule has 1 aromatic carbocycles. The van der Waals surface area contributed by atoms with Crippen molar-refractivity contribution in [2.45, 2.75) is 19.3 Å². The summed E-state index contributed by atoms with van der Waals surface area (Å²) in [5, 5.41) is 2.93. The highest BCUT2D eigenvalue weighted by molar-refractivity contribution is 5.91. The first-order valence-electron chi connectivity index (χ1n) is 8.36. The fraction of sp³-hybridized carbons (Fsp3) is 0.368. The van der Waals surface area contributed by atoms with Gasteiger partial charge in [-0.1, -0.05) is 37.3 Å². The molecule has 5 nitrogen and oxygen atoms in total. The number of ether oxygens (including phenoxy) is 1. The van der Waals surface area contributed by atoms with Gasteiger partial charge in [-0.2, -0.15) is 0 Å². The van der Waals surface area contributed by atoms with E-state index in [4.69, 9.17) is 4.74 Å². The molecule has 1 aromatic heterocycles. The molecule has 1 amide bonds. The number of aromatic nitrogens is 1. The second-order valence-corrected chi connectivity index (χ2v) is 6.07. The van der Waals surface area contributed by atoms with Crippen molar-refractivity contribution in [1.29, 1.82) is 0 Å². The van der Waals surface area contributed by atoms with Crippen LogP contribution in [0.3, 0.4) is 0 Å². The Kier molecular flexibility index (Phi) is 5.43. The van der Waals surface area contributed by atoms with Gasteiger partial charge in [0.1, 0.15) is 5.82 Å². The molecule has 126 valence electrons. The molecule has 1 saturated heterocycles. The average Bonchev–Trinajstić information content (AvgIpc) is 2.64. The lowest BCUT2D eigenvalue weighted by molar-refractivity contribution is -0.116. The van der Waals surface area contributed by atoms with Crippen molar-refractivity contribution in [1.82, 2.24) is 4.98 Å². The van der Waals surface area contributed by atoms with Crippen molar-refractivity contribution >= 4 is 17.4 Å². The Balaban J connectivity index is 1.54. The number of benzene rings is 1. The Hall–Kier alpha value is -2.40. The lowest BCUT2D eigenvalue weighted by Crippen LogP contribution is -2.36. The number of amides is 1. The summed E-state index contributed by atoms with van der Waals surface area (Å²) in [6.07, 6.45) is 2.17. The summed E-state index contributed by atoms with van der Waals surface area (Å²) in [4.78, 5) is 18.9. The van der Waals surface area contributed by atoms with Gasteiger partial charge >= 0.3 is 0 Å². The van der Waals surface area contributed by atoms with Crippen LogP contribution in [-0.2, 0) is 9.53 Å². The largest absolute Gasteiger partial charge is 0.378 e. The number of nitrogens with one attached hydrogen (secondary N) is 1. The minimum Gasteiger partial charge on any atom is -0.378 e. The Morgan fingerprint density at radius 2 is 1.96 bits per heavy atom. The molecule has 0 spiro atoms. The molecule has 0 bridgehead atoms. The third kappa shape index (κ3) is 4.32. The topological polar surface area (TPSA) is 54.5 Å². The van der Waals surface area contributed by atoms with Gasteiger partial charge < -0.3 is 15.0 Å². The molecular weight excluding hydrogens is 302 g/mol. The van der Waals surface area contributed by atoms with Crippen molar-refractivity contribution in [3.63, 3.8) is 0 Å². The first kappa shape index (κ1) is 16.5. The second-order valence-electron chi connectivity index (χ2n) is 6.07. The molecule has 3 rings (SSSR count). The third-order valence-corrected chi connectivity index (χ3v) is 4.23. The summed E-state index contributed by atoms with van der Waals surface area (Å²) in [7, 11) is 0. The van der Waals surface area contributed by atoms with Crippen LogP contribution in [0.15, 0.2) is 48.7 Å².